The third-order valence-electron chi connectivity index (χ3n) is 22.1. The van der Waals surface area contributed by atoms with Gasteiger partial charge in [0, 0.05) is 50.6 Å². The van der Waals surface area contributed by atoms with Gasteiger partial charge in [0.2, 0.25) is 0 Å². The summed E-state index contributed by atoms with van der Waals surface area (Å²) in [6.07, 6.45) is -4.52. The second-order valence-electron chi connectivity index (χ2n) is 32.1. The smallest absolute Gasteiger partial charge is 0.419 e. The van der Waals surface area contributed by atoms with Gasteiger partial charge in [0.15, 0.2) is 23.1 Å². The van der Waals surface area contributed by atoms with E-state index in [2.05, 4.69) is 93.2 Å². The first kappa shape index (κ1) is 102. The van der Waals surface area contributed by atoms with E-state index >= 15 is 0 Å². The van der Waals surface area contributed by atoms with Gasteiger partial charge in [-0.05, 0) is 281 Å². The number of H-pyrrole nitrogens is 6. The SMILES string of the molecule is Cc1cc(C)c(OCc2ccccc2-n2nn[nH]c2=O)c(F)c1.Cc1cc(C)c(OCc2ccccc2-n2nn[nH]c2=O)c(F)c1C.Cc1cc(C)c(OCc2ccccc2-n2nn[nH]c2=O)cc1F.Cc1cc(OCc2ccccc2-n2nn[nH]c2=O)c(C)c(F)c1C.Cc1ccc(OCc2ccccc2-n2nn[nH]c2=O)c(C(F)(F)F)c1.Cc1ccc(OCc2ccccc2-n2nn[nH]c2=O)c(C)c1F. The zero-order valence-corrected chi connectivity index (χ0v) is 78.4. The summed E-state index contributed by atoms with van der Waals surface area (Å²) < 4.78 is 151. The monoisotopic (exact) mass is 1950 g/mol. The van der Waals surface area contributed by atoms with Crippen LogP contribution in [0.25, 0.3) is 34.1 Å². The number of halogens is 8. The number of aryl methyl sites for hydroxylation is 9. The lowest BCUT2D eigenvalue weighted by atomic mass is 10.0. The molecule has 0 radical (unpaired) electrons. The Bertz CT molecular complexity index is 7790. The summed E-state index contributed by atoms with van der Waals surface area (Å²) in [7, 11) is 0. The zero-order valence-electron chi connectivity index (χ0n) is 78.4. The van der Waals surface area contributed by atoms with Crippen LogP contribution < -0.4 is 62.6 Å². The van der Waals surface area contributed by atoms with Crippen molar-refractivity contribution in [2.45, 2.75) is 136 Å². The van der Waals surface area contributed by atoms with Crippen LogP contribution in [-0.2, 0) is 45.8 Å². The average molecular weight is 1950 g/mol. The molecule has 0 bridgehead atoms. The second-order valence-corrected chi connectivity index (χ2v) is 32.1. The molecule has 0 saturated carbocycles. The standard InChI is InChI=1S/2C17H17FN4O2.C16H13F3N4O2.3C16H15FN4O2/c1-10-8-15(12(3)16(18)11(10)2)24-9-13-6-4-5-7-14(13)22-17(23)19-20-21-22;1-10-8-11(2)16(15(18)12(10)3)24-9-13-6-4-5-7-14(13)22-17(23)19-20-21-22;1-10-6-7-14(12(8-10)16(17,18)19)25-9-11-4-2-3-5-13(11)23-15(24)20-21-22-23;1-10-7-11(2)15(8-13(10)17)23-9-12-5-3-4-6-14(12)21-16(22)18-19-20-21;1-10-7-11(2)15(13(17)8-10)23-9-12-5-3-4-6-14(12)21-16(22)18-19-20-21;1-10-7-8-14(11(2)15(10)17)23-9-12-5-3-4-6-13(12)21-16(22)18-19-20-21/h2*4-8H,9H2,1-3H3,(H,19,21,23);2-8H,9H2,1H3,(H,20,22,24);3*3-8H,9H2,1-2H3,(H,18,20,22). The Kier molecular flexibility index (Phi) is 32.8. The fourth-order valence-corrected chi connectivity index (χ4v) is 14.4. The Labute approximate surface area is 801 Å². The molecule has 6 aromatic heterocycles. The minimum atomic E-state index is -4.52. The molecule has 0 aliphatic heterocycles. The van der Waals surface area contributed by atoms with Crippen molar-refractivity contribution in [3.05, 3.63) is 416 Å². The number of nitrogens with zero attached hydrogens (tertiary/aromatic N) is 18. The van der Waals surface area contributed by atoms with Crippen LogP contribution in [0.1, 0.15) is 111 Å². The Morgan fingerprint density at radius 1 is 0.254 bits per heavy atom. The minimum Gasteiger partial charge on any atom is -0.488 e. The number of nitrogens with one attached hydrogen (secondary N) is 6. The fraction of sp³-hybridized carbons (Fsp3) is 0.204. The van der Waals surface area contributed by atoms with Crippen molar-refractivity contribution in [3.8, 4) is 68.6 Å². The van der Waals surface area contributed by atoms with Gasteiger partial charge in [-0.2, -0.15) is 41.3 Å². The van der Waals surface area contributed by atoms with Crippen LogP contribution >= 0.6 is 0 Å². The normalized spacial score (nSPS) is 10.9. The number of aromatic amines is 6. The molecular weight excluding hydrogens is 1860 g/mol. The van der Waals surface area contributed by atoms with Gasteiger partial charge in [-0.15, -0.1) is 0 Å². The molecule has 0 unspecified atom stereocenters. The molecule has 36 nitrogen and oxygen atoms in total. The van der Waals surface area contributed by atoms with E-state index in [1.807, 2.05) is 94.4 Å². The van der Waals surface area contributed by atoms with Gasteiger partial charge in [-0.25, -0.2) is 81.3 Å². The Balaban J connectivity index is 0.000000143. The van der Waals surface area contributed by atoms with Crippen LogP contribution in [0.5, 0.6) is 34.5 Å². The van der Waals surface area contributed by atoms with Gasteiger partial charge in [0.25, 0.3) is 0 Å². The van der Waals surface area contributed by atoms with E-state index in [4.69, 9.17) is 28.4 Å². The number of para-hydroxylation sites is 6. The van der Waals surface area contributed by atoms with Crippen molar-refractivity contribution in [3.63, 3.8) is 0 Å². The molecule has 6 N–H and O–H groups in total. The highest BCUT2D eigenvalue weighted by Crippen LogP contribution is 2.39. The third-order valence-corrected chi connectivity index (χ3v) is 22.1. The van der Waals surface area contributed by atoms with Crippen LogP contribution in [0, 0.1) is 119 Å². The molecule has 0 aliphatic rings. The number of benzene rings is 12. The van der Waals surface area contributed by atoms with Gasteiger partial charge in [0.1, 0.15) is 80.1 Å². The van der Waals surface area contributed by atoms with Gasteiger partial charge < -0.3 is 28.4 Å². The first-order chi connectivity index (χ1) is 68.0. The van der Waals surface area contributed by atoms with E-state index in [-0.39, 0.29) is 80.2 Å². The molecule has 44 heteroatoms. The minimum absolute atomic E-state index is 0.107. The van der Waals surface area contributed by atoms with Gasteiger partial charge in [0.05, 0.1) is 39.7 Å². The van der Waals surface area contributed by atoms with E-state index in [1.54, 1.807) is 184 Å². The molecule has 0 saturated heterocycles. The summed E-state index contributed by atoms with van der Waals surface area (Å²) in [6, 6.07) is 59.7. The molecular formula is C98H92F8N24O12. The van der Waals surface area contributed by atoms with E-state index in [0.29, 0.717) is 107 Å². The summed E-state index contributed by atoms with van der Waals surface area (Å²) in [5, 5.41) is 56.5. The lowest BCUT2D eigenvalue weighted by molar-refractivity contribution is -0.139. The molecule has 0 aliphatic carbocycles. The van der Waals surface area contributed by atoms with E-state index in [9.17, 15) is 63.9 Å². The molecule has 18 rings (SSSR count). The number of hydrogen-bond acceptors (Lipinski definition) is 24. The molecule has 0 amide bonds. The highest BCUT2D eigenvalue weighted by atomic mass is 19.4. The Hall–Kier alpha value is -17.9. The summed E-state index contributed by atoms with van der Waals surface area (Å²) in [6.45, 7) is 23.4. The lowest BCUT2D eigenvalue weighted by Crippen LogP contribution is -2.18. The number of aromatic nitrogens is 24. The van der Waals surface area contributed by atoms with Crippen LogP contribution in [0.15, 0.2) is 241 Å². The number of tetrazole rings is 6. The fourth-order valence-electron chi connectivity index (χ4n) is 14.4. The van der Waals surface area contributed by atoms with Gasteiger partial charge in [-0.3, -0.25) is 0 Å². The van der Waals surface area contributed by atoms with Crippen molar-refractivity contribution < 1.29 is 63.5 Å². The van der Waals surface area contributed by atoms with Crippen molar-refractivity contribution >= 4 is 0 Å². The Morgan fingerprint density at radius 3 is 0.930 bits per heavy atom. The average Bonchev–Trinajstić information content (AvgIpc) is 1.57. The lowest BCUT2D eigenvalue weighted by Gasteiger charge is -2.15. The molecule has 0 atom stereocenters. The zero-order chi connectivity index (χ0) is 102. The van der Waals surface area contributed by atoms with Crippen molar-refractivity contribution in [1.82, 2.24) is 121 Å². The first-order valence-electron chi connectivity index (χ1n) is 43.3. The predicted octanol–water partition coefficient (Wildman–Crippen LogP) is 14.9. The summed E-state index contributed by atoms with van der Waals surface area (Å²) in [5.74, 6) is -0.0364. The van der Waals surface area contributed by atoms with Crippen molar-refractivity contribution in [1.29, 1.82) is 0 Å². The number of rotatable bonds is 24. The predicted molar refractivity (Wildman–Crippen MR) is 503 cm³/mol. The van der Waals surface area contributed by atoms with E-state index < -0.39 is 51.7 Å². The summed E-state index contributed by atoms with van der Waals surface area (Å²) in [5.41, 5.74) is 12.2. The highest BCUT2D eigenvalue weighted by molar-refractivity contribution is 5.50. The molecule has 0 fully saturated rings. The molecule has 6 heterocycles. The summed E-state index contributed by atoms with van der Waals surface area (Å²) >= 11 is 0. The van der Waals surface area contributed by atoms with Crippen LogP contribution in [0.3, 0.4) is 0 Å². The quantitative estimate of drug-likeness (QED) is 0.0306. The number of alkyl halides is 3. The van der Waals surface area contributed by atoms with Crippen LogP contribution in [0.2, 0.25) is 0 Å². The maximum Gasteiger partial charge on any atom is 0.419 e. The topological polar surface area (TPSA) is 437 Å². The number of hydrogen-bond donors (Lipinski definition) is 6. The van der Waals surface area contributed by atoms with Crippen molar-refractivity contribution in [2.75, 3.05) is 0 Å². The molecule has 12 aromatic carbocycles. The van der Waals surface area contributed by atoms with E-state index in [0.717, 1.165) is 84.2 Å². The van der Waals surface area contributed by atoms with Crippen molar-refractivity contribution in [2.24, 2.45) is 0 Å². The first-order valence-corrected chi connectivity index (χ1v) is 43.3. The maximum absolute atomic E-state index is 14.5. The van der Waals surface area contributed by atoms with Crippen LogP contribution in [-0.4, -0.2) is 121 Å². The highest BCUT2D eigenvalue weighted by Gasteiger charge is 2.35. The third kappa shape index (κ3) is 24.5. The largest absolute Gasteiger partial charge is 0.488 e. The molecule has 732 valence electrons. The molecule has 18 aromatic rings. The van der Waals surface area contributed by atoms with Gasteiger partial charge >= 0.3 is 40.3 Å². The second kappa shape index (κ2) is 45.8. The Morgan fingerprint density at radius 2 is 0.563 bits per heavy atom. The summed E-state index contributed by atoms with van der Waals surface area (Å²) in [4.78, 5) is 70.1. The van der Waals surface area contributed by atoms with E-state index in [1.165, 1.54) is 18.2 Å². The maximum atomic E-state index is 14.5. The van der Waals surface area contributed by atoms with Crippen LogP contribution in [0.4, 0.5) is 35.1 Å². The molecule has 0 spiro atoms. The molecule has 142 heavy (non-hydrogen) atoms. The van der Waals surface area contributed by atoms with Gasteiger partial charge in [-0.1, -0.05) is 139 Å². The number of ether oxygens (including phenoxy) is 6.